The molecule has 7 heteroatoms. The molecule has 0 aliphatic heterocycles. The molecule has 5 nitrogen and oxygen atoms in total. The van der Waals surface area contributed by atoms with Crippen molar-refractivity contribution in [3.05, 3.63) is 89.0 Å². The normalized spacial score (nSPS) is 10.4. The van der Waals surface area contributed by atoms with E-state index in [1.165, 1.54) is 0 Å². The number of aliphatic carboxylic acids is 1. The van der Waals surface area contributed by atoms with Gasteiger partial charge in [0.05, 0.1) is 18.2 Å². The predicted molar refractivity (Wildman–Crippen MR) is 138 cm³/mol. The van der Waals surface area contributed by atoms with Gasteiger partial charge in [0.1, 0.15) is 17.2 Å². The molecule has 0 aliphatic rings. The Morgan fingerprint density at radius 3 is 2.06 bits per heavy atom. The first-order valence-electron chi connectivity index (χ1n) is 10.9. The summed E-state index contributed by atoms with van der Waals surface area (Å²) in [5.74, 6) is 1.64. The van der Waals surface area contributed by atoms with Gasteiger partial charge in [0, 0.05) is 10.6 Å². The summed E-state index contributed by atoms with van der Waals surface area (Å²) in [5.41, 5.74) is 3.18. The van der Waals surface area contributed by atoms with Crippen molar-refractivity contribution >= 4 is 34.9 Å². The summed E-state index contributed by atoms with van der Waals surface area (Å²) in [6.45, 7) is 4.71. The summed E-state index contributed by atoms with van der Waals surface area (Å²) < 4.78 is 16.6. The minimum absolute atomic E-state index is 0.352. The third kappa shape index (κ3) is 7.47. The van der Waals surface area contributed by atoms with Gasteiger partial charge in [-0.3, -0.25) is 0 Å². The van der Waals surface area contributed by atoms with Gasteiger partial charge < -0.3 is 19.3 Å². The number of hydrogen-bond acceptors (Lipinski definition) is 5. The highest BCUT2D eigenvalue weighted by molar-refractivity contribution is 7.99. The highest BCUT2D eigenvalue weighted by atomic mass is 35.5. The Hall–Kier alpha value is -3.09. The second kappa shape index (κ2) is 13.0. The molecule has 0 aromatic heterocycles. The molecule has 0 fully saturated rings. The predicted octanol–water partition coefficient (Wildman–Crippen LogP) is 6.82. The number of benzene rings is 3. The Morgan fingerprint density at radius 2 is 1.53 bits per heavy atom. The number of hydrogen-bond donors (Lipinski definition) is 1. The van der Waals surface area contributed by atoms with E-state index in [2.05, 4.69) is 18.2 Å². The van der Waals surface area contributed by atoms with E-state index in [4.69, 9.17) is 30.9 Å². The first kappa shape index (κ1) is 25.5. The van der Waals surface area contributed by atoms with Crippen LogP contribution in [-0.4, -0.2) is 36.6 Å². The number of rotatable bonds is 12. The van der Waals surface area contributed by atoms with E-state index in [1.807, 2.05) is 56.3 Å². The molecule has 0 radical (unpaired) electrons. The van der Waals surface area contributed by atoms with Crippen molar-refractivity contribution in [2.24, 2.45) is 0 Å². The molecule has 0 aliphatic carbocycles. The molecule has 0 bridgehead atoms. The topological polar surface area (TPSA) is 65.0 Å². The zero-order valence-electron chi connectivity index (χ0n) is 19.1. The van der Waals surface area contributed by atoms with Gasteiger partial charge in [-0.1, -0.05) is 41.9 Å². The SMILES string of the molecule is CCOc1cccc(C(=CCSc2ccc(OCC(=O)O)c(Cl)c2)c2cccc(OCC)c2)c1. The maximum atomic E-state index is 10.7. The molecule has 0 heterocycles. The molecule has 0 atom stereocenters. The third-order valence-electron chi connectivity index (χ3n) is 4.70. The molecule has 178 valence electrons. The second-order valence-corrected chi connectivity index (χ2v) is 8.63. The van der Waals surface area contributed by atoms with E-state index in [9.17, 15) is 4.79 Å². The third-order valence-corrected chi connectivity index (χ3v) is 5.92. The lowest BCUT2D eigenvalue weighted by atomic mass is 9.97. The molecule has 0 spiro atoms. The monoisotopic (exact) mass is 498 g/mol. The van der Waals surface area contributed by atoms with Gasteiger partial charge in [-0.05, 0) is 73.0 Å². The van der Waals surface area contributed by atoms with Crippen molar-refractivity contribution in [1.82, 2.24) is 0 Å². The smallest absolute Gasteiger partial charge is 0.341 e. The van der Waals surface area contributed by atoms with Crippen LogP contribution in [0.1, 0.15) is 25.0 Å². The van der Waals surface area contributed by atoms with Crippen molar-refractivity contribution < 1.29 is 24.1 Å². The number of thioether (sulfide) groups is 1. The standard InChI is InChI=1S/C27H27ClO5S/c1-3-31-21-9-5-7-19(15-21)24(20-8-6-10-22(16-20)32-4-2)13-14-34-23-11-12-26(25(28)17-23)33-18-27(29)30/h5-13,15-17H,3-4,14,18H2,1-2H3,(H,29,30). The minimum Gasteiger partial charge on any atom is -0.494 e. The molecular formula is C27H27ClO5S. The van der Waals surface area contributed by atoms with Crippen LogP contribution >= 0.6 is 23.4 Å². The Morgan fingerprint density at radius 1 is 0.912 bits per heavy atom. The zero-order valence-corrected chi connectivity index (χ0v) is 20.7. The van der Waals surface area contributed by atoms with Crippen LogP contribution in [0.5, 0.6) is 17.2 Å². The number of carboxylic acids is 1. The number of halogens is 1. The highest BCUT2D eigenvalue weighted by Crippen LogP contribution is 2.32. The van der Waals surface area contributed by atoms with Crippen molar-refractivity contribution in [2.45, 2.75) is 18.7 Å². The maximum Gasteiger partial charge on any atom is 0.341 e. The summed E-state index contributed by atoms with van der Waals surface area (Å²) in [6.07, 6.45) is 2.17. The van der Waals surface area contributed by atoms with Crippen LogP contribution in [0.3, 0.4) is 0 Å². The Labute approximate surface area is 209 Å². The van der Waals surface area contributed by atoms with E-state index < -0.39 is 12.6 Å². The number of carboxylic acid groups (broad SMARTS) is 1. The molecule has 0 amide bonds. The van der Waals surface area contributed by atoms with E-state index >= 15 is 0 Å². The lowest BCUT2D eigenvalue weighted by Crippen LogP contribution is -2.09. The van der Waals surface area contributed by atoms with Gasteiger partial charge >= 0.3 is 5.97 Å². The van der Waals surface area contributed by atoms with Crippen LogP contribution in [0.25, 0.3) is 5.57 Å². The van der Waals surface area contributed by atoms with Crippen LogP contribution in [0.4, 0.5) is 0 Å². The van der Waals surface area contributed by atoms with E-state index in [0.29, 0.717) is 29.7 Å². The first-order valence-corrected chi connectivity index (χ1v) is 12.3. The number of carbonyl (C=O) groups is 1. The number of ether oxygens (including phenoxy) is 3. The summed E-state index contributed by atoms with van der Waals surface area (Å²) in [5, 5.41) is 9.15. The fraction of sp³-hybridized carbons (Fsp3) is 0.222. The second-order valence-electron chi connectivity index (χ2n) is 7.13. The van der Waals surface area contributed by atoms with E-state index in [1.54, 1.807) is 23.9 Å². The van der Waals surface area contributed by atoms with Crippen molar-refractivity contribution in [3.63, 3.8) is 0 Å². The maximum absolute atomic E-state index is 10.7. The van der Waals surface area contributed by atoms with Crippen LogP contribution in [-0.2, 0) is 4.79 Å². The Kier molecular flexibility index (Phi) is 9.74. The Balaban J connectivity index is 1.84. The minimum atomic E-state index is -1.05. The lowest BCUT2D eigenvalue weighted by Gasteiger charge is -2.13. The van der Waals surface area contributed by atoms with Crippen LogP contribution in [0.15, 0.2) is 77.7 Å². The van der Waals surface area contributed by atoms with Crippen molar-refractivity contribution in [1.29, 1.82) is 0 Å². The van der Waals surface area contributed by atoms with Crippen molar-refractivity contribution in [2.75, 3.05) is 25.6 Å². The fourth-order valence-electron chi connectivity index (χ4n) is 3.29. The molecule has 1 N–H and O–H groups in total. The average molecular weight is 499 g/mol. The van der Waals surface area contributed by atoms with E-state index in [0.717, 1.165) is 33.1 Å². The Bertz CT molecular complexity index is 1090. The largest absolute Gasteiger partial charge is 0.494 e. The fourth-order valence-corrected chi connectivity index (χ4v) is 4.40. The van der Waals surface area contributed by atoms with E-state index in [-0.39, 0.29) is 0 Å². The molecule has 0 unspecified atom stereocenters. The molecule has 3 aromatic rings. The van der Waals surface area contributed by atoms with Gasteiger partial charge in [0.25, 0.3) is 0 Å². The summed E-state index contributed by atoms with van der Waals surface area (Å²) in [7, 11) is 0. The summed E-state index contributed by atoms with van der Waals surface area (Å²) in [4.78, 5) is 11.7. The molecule has 0 saturated heterocycles. The highest BCUT2D eigenvalue weighted by Gasteiger charge is 2.10. The molecule has 0 saturated carbocycles. The molecule has 3 rings (SSSR count). The van der Waals surface area contributed by atoms with Crippen molar-refractivity contribution in [3.8, 4) is 17.2 Å². The zero-order chi connectivity index (χ0) is 24.3. The van der Waals surface area contributed by atoms with Crippen LogP contribution in [0, 0.1) is 0 Å². The van der Waals surface area contributed by atoms with Gasteiger partial charge in [0.2, 0.25) is 0 Å². The summed E-state index contributed by atoms with van der Waals surface area (Å²) >= 11 is 7.88. The summed E-state index contributed by atoms with van der Waals surface area (Å²) in [6, 6.07) is 21.4. The quantitative estimate of drug-likeness (QED) is 0.276. The molecular weight excluding hydrogens is 472 g/mol. The van der Waals surface area contributed by atoms with Gasteiger partial charge in [0.15, 0.2) is 6.61 Å². The van der Waals surface area contributed by atoms with Gasteiger partial charge in [-0.2, -0.15) is 0 Å². The van der Waals surface area contributed by atoms with Gasteiger partial charge in [-0.15, -0.1) is 11.8 Å². The van der Waals surface area contributed by atoms with Crippen LogP contribution < -0.4 is 14.2 Å². The average Bonchev–Trinajstić information content (AvgIpc) is 2.82. The van der Waals surface area contributed by atoms with Gasteiger partial charge in [-0.25, -0.2) is 4.79 Å². The van der Waals surface area contributed by atoms with Crippen LogP contribution in [0.2, 0.25) is 5.02 Å². The molecule has 3 aromatic carbocycles. The first-order chi connectivity index (χ1) is 16.5. The molecule has 34 heavy (non-hydrogen) atoms. The lowest BCUT2D eigenvalue weighted by molar-refractivity contribution is -0.139.